The third-order valence-corrected chi connectivity index (χ3v) is 2.98. The van der Waals surface area contributed by atoms with Gasteiger partial charge >= 0.3 is 0 Å². The van der Waals surface area contributed by atoms with Crippen molar-refractivity contribution in [3.8, 4) is 5.75 Å². The maximum atomic E-state index is 11.0. The van der Waals surface area contributed by atoms with Crippen LogP contribution < -0.4 is 15.9 Å². The molecular formula is C14H14N2O2S. The van der Waals surface area contributed by atoms with E-state index in [1.165, 1.54) is 12.1 Å². The number of methoxy groups -OCH3 is 1. The molecule has 4 nitrogen and oxygen atoms in total. The molecule has 1 heterocycles. The normalized spacial score (nSPS) is 10.2. The van der Waals surface area contributed by atoms with Gasteiger partial charge in [0, 0.05) is 31.1 Å². The molecule has 5 heteroatoms. The third-order valence-electron chi connectivity index (χ3n) is 2.76. The zero-order valence-corrected chi connectivity index (χ0v) is 11.3. The molecule has 2 N–H and O–H groups in total. The van der Waals surface area contributed by atoms with Gasteiger partial charge in [0.25, 0.3) is 0 Å². The van der Waals surface area contributed by atoms with Crippen molar-refractivity contribution in [2.75, 3.05) is 7.11 Å². The topological polar surface area (TPSA) is 57.2 Å². The van der Waals surface area contributed by atoms with E-state index in [0.717, 1.165) is 11.1 Å². The summed E-state index contributed by atoms with van der Waals surface area (Å²) in [5.41, 5.74) is 7.38. The van der Waals surface area contributed by atoms with Crippen molar-refractivity contribution < 1.29 is 4.74 Å². The van der Waals surface area contributed by atoms with Gasteiger partial charge in [-0.1, -0.05) is 18.3 Å². The van der Waals surface area contributed by atoms with Gasteiger partial charge in [-0.15, -0.1) is 0 Å². The highest BCUT2D eigenvalue weighted by molar-refractivity contribution is 7.80. The van der Waals surface area contributed by atoms with Gasteiger partial charge in [0.2, 0.25) is 0 Å². The molecule has 1 aromatic heterocycles. The average Bonchev–Trinajstić information content (AvgIpc) is 2.41. The van der Waals surface area contributed by atoms with E-state index in [-0.39, 0.29) is 5.43 Å². The molecule has 19 heavy (non-hydrogen) atoms. The molecule has 0 spiro atoms. The minimum Gasteiger partial charge on any atom is -0.496 e. The standard InChI is InChI=1S/C14H14N2O2S/c1-18-13-8-10(2-3-12(13)14(15)19)9-16-6-4-11(17)5-7-16/h2-8H,9H2,1H3,(H2,15,19). The Labute approximate surface area is 116 Å². The first-order valence-electron chi connectivity index (χ1n) is 5.73. The van der Waals surface area contributed by atoms with E-state index >= 15 is 0 Å². The minimum atomic E-state index is -0.00217. The molecule has 2 rings (SSSR count). The molecule has 2 aromatic rings. The lowest BCUT2D eigenvalue weighted by molar-refractivity contribution is 0.413. The third kappa shape index (κ3) is 3.20. The summed E-state index contributed by atoms with van der Waals surface area (Å²) in [6, 6.07) is 8.74. The predicted octanol–water partition coefficient (Wildman–Crippen LogP) is 1.54. The number of benzene rings is 1. The summed E-state index contributed by atoms with van der Waals surface area (Å²) in [5, 5.41) is 0. The smallest absolute Gasteiger partial charge is 0.181 e. The lowest BCUT2D eigenvalue weighted by Crippen LogP contribution is -2.11. The van der Waals surface area contributed by atoms with Crippen LogP contribution in [0.2, 0.25) is 0 Å². The summed E-state index contributed by atoms with van der Waals surface area (Å²) in [4.78, 5) is 11.3. The van der Waals surface area contributed by atoms with Crippen molar-refractivity contribution in [2.45, 2.75) is 6.54 Å². The Bertz CT molecular complexity index is 644. The van der Waals surface area contributed by atoms with Gasteiger partial charge in [-0.25, -0.2) is 0 Å². The predicted molar refractivity (Wildman–Crippen MR) is 78.7 cm³/mol. The molecule has 0 fully saturated rings. The lowest BCUT2D eigenvalue weighted by Gasteiger charge is -2.11. The summed E-state index contributed by atoms with van der Waals surface area (Å²) in [6.45, 7) is 0.647. The molecule has 0 amide bonds. The van der Waals surface area contributed by atoms with Crippen LogP contribution in [0.1, 0.15) is 11.1 Å². The van der Waals surface area contributed by atoms with Gasteiger partial charge in [-0.2, -0.15) is 0 Å². The highest BCUT2D eigenvalue weighted by atomic mass is 32.1. The largest absolute Gasteiger partial charge is 0.496 e. The van der Waals surface area contributed by atoms with E-state index in [9.17, 15) is 4.79 Å². The number of hydrogen-bond acceptors (Lipinski definition) is 3. The highest BCUT2D eigenvalue weighted by Crippen LogP contribution is 2.20. The number of thiocarbonyl (C=S) groups is 1. The van der Waals surface area contributed by atoms with Crippen LogP contribution >= 0.6 is 12.2 Å². The summed E-state index contributed by atoms with van der Waals surface area (Å²) >= 11 is 4.96. The fourth-order valence-electron chi connectivity index (χ4n) is 1.80. The Morgan fingerprint density at radius 1 is 1.32 bits per heavy atom. The van der Waals surface area contributed by atoms with Crippen molar-refractivity contribution >= 4 is 17.2 Å². The second-order valence-electron chi connectivity index (χ2n) is 4.11. The van der Waals surface area contributed by atoms with Crippen molar-refractivity contribution in [1.29, 1.82) is 0 Å². The molecule has 0 atom stereocenters. The number of ether oxygens (including phenoxy) is 1. The first-order valence-corrected chi connectivity index (χ1v) is 6.14. The molecule has 98 valence electrons. The molecule has 0 saturated carbocycles. The fourth-order valence-corrected chi connectivity index (χ4v) is 1.97. The monoisotopic (exact) mass is 274 g/mol. The van der Waals surface area contributed by atoms with E-state index in [1.54, 1.807) is 19.5 Å². The van der Waals surface area contributed by atoms with E-state index < -0.39 is 0 Å². The Kier molecular flexibility index (Phi) is 3.97. The van der Waals surface area contributed by atoms with Crippen LogP contribution in [0.5, 0.6) is 5.75 Å². The van der Waals surface area contributed by atoms with E-state index in [0.29, 0.717) is 17.3 Å². The van der Waals surface area contributed by atoms with Crippen LogP contribution in [0.4, 0.5) is 0 Å². The van der Waals surface area contributed by atoms with Crippen molar-refractivity contribution in [2.24, 2.45) is 5.73 Å². The first-order chi connectivity index (χ1) is 9.10. The summed E-state index contributed by atoms with van der Waals surface area (Å²) in [6.07, 6.45) is 3.49. The quantitative estimate of drug-likeness (QED) is 0.859. The maximum Gasteiger partial charge on any atom is 0.181 e. The molecule has 1 aromatic carbocycles. The average molecular weight is 274 g/mol. The van der Waals surface area contributed by atoms with Crippen LogP contribution in [0.25, 0.3) is 0 Å². The van der Waals surface area contributed by atoms with Crippen molar-refractivity contribution in [1.82, 2.24) is 4.57 Å². The van der Waals surface area contributed by atoms with E-state index in [1.807, 2.05) is 22.8 Å². The number of nitrogens with zero attached hydrogens (tertiary/aromatic N) is 1. The maximum absolute atomic E-state index is 11.0. The molecule has 0 aliphatic heterocycles. The van der Waals surface area contributed by atoms with Crippen LogP contribution in [-0.2, 0) is 6.54 Å². The molecule has 0 radical (unpaired) electrons. The number of aromatic nitrogens is 1. The van der Waals surface area contributed by atoms with Gasteiger partial charge in [-0.05, 0) is 17.7 Å². The van der Waals surface area contributed by atoms with Gasteiger partial charge in [0.15, 0.2) is 5.43 Å². The molecule has 0 saturated heterocycles. The summed E-state index contributed by atoms with van der Waals surface area (Å²) in [7, 11) is 1.58. The fraction of sp³-hybridized carbons (Fsp3) is 0.143. The van der Waals surface area contributed by atoms with E-state index in [4.69, 9.17) is 22.7 Å². The summed E-state index contributed by atoms with van der Waals surface area (Å²) in [5.74, 6) is 0.658. The Hall–Kier alpha value is -2.14. The van der Waals surface area contributed by atoms with Gasteiger partial charge in [0.05, 0.1) is 12.7 Å². The van der Waals surface area contributed by atoms with Crippen LogP contribution in [0.15, 0.2) is 47.5 Å². The molecule has 0 aliphatic carbocycles. The molecule has 0 aliphatic rings. The Morgan fingerprint density at radius 2 is 2.00 bits per heavy atom. The van der Waals surface area contributed by atoms with Crippen molar-refractivity contribution in [3.05, 3.63) is 64.1 Å². The Morgan fingerprint density at radius 3 is 2.58 bits per heavy atom. The molecule has 0 bridgehead atoms. The van der Waals surface area contributed by atoms with Crippen molar-refractivity contribution in [3.63, 3.8) is 0 Å². The SMILES string of the molecule is COc1cc(Cn2ccc(=O)cc2)ccc1C(N)=S. The van der Waals surface area contributed by atoms with Crippen LogP contribution in [0.3, 0.4) is 0 Å². The van der Waals surface area contributed by atoms with Gasteiger partial charge in [0.1, 0.15) is 10.7 Å². The summed E-state index contributed by atoms with van der Waals surface area (Å²) < 4.78 is 7.19. The minimum absolute atomic E-state index is 0.00217. The molecule has 0 unspecified atom stereocenters. The number of nitrogens with two attached hydrogens (primary N) is 1. The Balaban J connectivity index is 2.28. The van der Waals surface area contributed by atoms with Crippen LogP contribution in [-0.4, -0.2) is 16.7 Å². The second kappa shape index (κ2) is 5.67. The van der Waals surface area contributed by atoms with Gasteiger partial charge in [-0.3, -0.25) is 4.79 Å². The lowest BCUT2D eigenvalue weighted by atomic mass is 10.1. The molecular weight excluding hydrogens is 260 g/mol. The van der Waals surface area contributed by atoms with Crippen LogP contribution in [0, 0.1) is 0 Å². The van der Waals surface area contributed by atoms with E-state index in [2.05, 4.69) is 0 Å². The zero-order chi connectivity index (χ0) is 13.8. The highest BCUT2D eigenvalue weighted by Gasteiger charge is 2.06. The number of hydrogen-bond donors (Lipinski definition) is 1. The van der Waals surface area contributed by atoms with Gasteiger partial charge < -0.3 is 15.0 Å². The zero-order valence-electron chi connectivity index (χ0n) is 10.5. The number of rotatable bonds is 4. The second-order valence-corrected chi connectivity index (χ2v) is 4.54. The number of pyridine rings is 1. The first kappa shape index (κ1) is 13.3.